The zero-order valence-electron chi connectivity index (χ0n) is 14.5. The minimum Gasteiger partial charge on any atom is -0.354 e. The largest absolute Gasteiger partial charge is 0.354 e. The van der Waals surface area contributed by atoms with Crippen LogP contribution in [-0.2, 0) is 0 Å². The fourth-order valence-electron chi connectivity index (χ4n) is 2.54. The fraction of sp³-hybridized carbons (Fsp3) is 0.444. The smallest absolute Gasteiger partial charge is 0.224 e. The van der Waals surface area contributed by atoms with Crippen LogP contribution < -0.4 is 10.6 Å². The van der Waals surface area contributed by atoms with Crippen LogP contribution in [0.3, 0.4) is 0 Å². The number of nitrogens with zero attached hydrogens (tertiary/aromatic N) is 3. The predicted octanol–water partition coefficient (Wildman–Crippen LogP) is 4.25. The molecule has 1 saturated carbocycles. The zero-order chi connectivity index (χ0) is 17.8. The lowest BCUT2D eigenvalue weighted by atomic mass is 10.2. The highest BCUT2D eigenvalue weighted by atomic mass is 35.5. The molecule has 2 N–H and O–H groups in total. The topological polar surface area (TPSA) is 53.1 Å². The van der Waals surface area contributed by atoms with E-state index in [0.717, 1.165) is 38.0 Å². The molecule has 0 radical (unpaired) electrons. The molecule has 3 rings (SSSR count). The van der Waals surface area contributed by atoms with E-state index < -0.39 is 5.82 Å². The van der Waals surface area contributed by atoms with Crippen molar-refractivity contribution in [2.45, 2.75) is 25.2 Å². The average molecular weight is 364 g/mol. The molecule has 1 aliphatic carbocycles. The Bertz CT molecular complexity index is 713. The van der Waals surface area contributed by atoms with Gasteiger partial charge in [0, 0.05) is 18.5 Å². The molecule has 1 aromatic heterocycles. The summed E-state index contributed by atoms with van der Waals surface area (Å²) in [4.78, 5) is 11.2. The van der Waals surface area contributed by atoms with Crippen molar-refractivity contribution >= 4 is 29.1 Å². The molecule has 1 aromatic carbocycles. The predicted molar refractivity (Wildman–Crippen MR) is 100 cm³/mol. The first-order valence-electron chi connectivity index (χ1n) is 8.51. The zero-order valence-corrected chi connectivity index (χ0v) is 15.3. The summed E-state index contributed by atoms with van der Waals surface area (Å²) in [5.41, 5.74) is 1.23. The van der Waals surface area contributed by atoms with Gasteiger partial charge in [0.25, 0.3) is 0 Å². The number of anilines is 3. The highest BCUT2D eigenvalue weighted by Crippen LogP contribution is 2.40. The molecular weight excluding hydrogens is 341 g/mol. The third-order valence-electron chi connectivity index (χ3n) is 4.02. The molecule has 7 heteroatoms. The quantitative estimate of drug-likeness (QED) is 0.686. The summed E-state index contributed by atoms with van der Waals surface area (Å²) in [6.45, 7) is 1.78. The van der Waals surface area contributed by atoms with E-state index >= 15 is 0 Å². The molecule has 25 heavy (non-hydrogen) atoms. The minimum absolute atomic E-state index is 0.239. The fourth-order valence-corrected chi connectivity index (χ4v) is 2.75. The van der Waals surface area contributed by atoms with Crippen LogP contribution >= 0.6 is 11.6 Å². The monoisotopic (exact) mass is 363 g/mol. The molecule has 0 amide bonds. The molecule has 1 aliphatic rings. The van der Waals surface area contributed by atoms with Gasteiger partial charge >= 0.3 is 0 Å². The molecule has 0 unspecified atom stereocenters. The van der Waals surface area contributed by atoms with Crippen LogP contribution in [0.1, 0.15) is 30.9 Å². The van der Waals surface area contributed by atoms with Crippen molar-refractivity contribution in [3.63, 3.8) is 0 Å². The van der Waals surface area contributed by atoms with Crippen LogP contribution in [0.4, 0.5) is 21.8 Å². The third-order valence-corrected chi connectivity index (χ3v) is 4.34. The van der Waals surface area contributed by atoms with E-state index in [4.69, 9.17) is 11.6 Å². The Morgan fingerprint density at radius 2 is 2.08 bits per heavy atom. The van der Waals surface area contributed by atoms with Gasteiger partial charge in [-0.25, -0.2) is 9.37 Å². The molecular formula is C18H23ClFN5. The Labute approximate surface area is 152 Å². The van der Waals surface area contributed by atoms with Crippen molar-refractivity contribution in [2.75, 3.05) is 37.8 Å². The molecule has 1 heterocycles. The third kappa shape index (κ3) is 5.03. The van der Waals surface area contributed by atoms with Gasteiger partial charge in [0.15, 0.2) is 0 Å². The molecule has 0 atom stereocenters. The second-order valence-electron chi connectivity index (χ2n) is 6.58. The van der Waals surface area contributed by atoms with Crippen LogP contribution in [0.15, 0.2) is 24.3 Å². The van der Waals surface area contributed by atoms with Gasteiger partial charge in [-0.05, 0) is 52.0 Å². The summed E-state index contributed by atoms with van der Waals surface area (Å²) in [7, 11) is 4.09. The number of rotatable bonds is 8. The van der Waals surface area contributed by atoms with Gasteiger partial charge in [-0.3, -0.25) is 0 Å². The molecule has 5 nitrogen and oxygen atoms in total. The van der Waals surface area contributed by atoms with E-state index in [-0.39, 0.29) is 5.69 Å². The Morgan fingerprint density at radius 1 is 1.28 bits per heavy atom. The van der Waals surface area contributed by atoms with Gasteiger partial charge < -0.3 is 15.5 Å². The van der Waals surface area contributed by atoms with Gasteiger partial charge in [0.2, 0.25) is 5.95 Å². The molecule has 0 aliphatic heterocycles. The van der Waals surface area contributed by atoms with Crippen molar-refractivity contribution in [3.05, 3.63) is 40.8 Å². The van der Waals surface area contributed by atoms with Gasteiger partial charge in [0.05, 0.1) is 16.4 Å². The van der Waals surface area contributed by atoms with Crippen LogP contribution in [0.2, 0.25) is 5.02 Å². The van der Waals surface area contributed by atoms with E-state index in [0.29, 0.717) is 22.7 Å². The lowest BCUT2D eigenvalue weighted by Crippen LogP contribution is -2.17. The standard InChI is InChI=1S/C18H23ClFN5/c1-25(2)10-4-9-21-18-22-15(12-7-8-12)11-16(24-18)23-17-13(19)5-3-6-14(17)20/h3,5-6,11-12H,4,7-10H2,1-2H3,(H2,21,22,23,24). The van der Waals surface area contributed by atoms with E-state index in [9.17, 15) is 4.39 Å². The first-order valence-corrected chi connectivity index (χ1v) is 8.89. The van der Waals surface area contributed by atoms with Crippen LogP contribution in [0.5, 0.6) is 0 Å². The van der Waals surface area contributed by atoms with Gasteiger partial charge in [-0.1, -0.05) is 17.7 Å². The lowest BCUT2D eigenvalue weighted by molar-refractivity contribution is 0.405. The first kappa shape index (κ1) is 17.9. The maximum absolute atomic E-state index is 14.0. The second kappa shape index (κ2) is 7.97. The Morgan fingerprint density at radius 3 is 2.76 bits per heavy atom. The first-order chi connectivity index (χ1) is 12.0. The number of hydrogen-bond donors (Lipinski definition) is 2. The van der Waals surface area contributed by atoms with E-state index in [1.165, 1.54) is 6.07 Å². The van der Waals surface area contributed by atoms with Crippen molar-refractivity contribution in [1.29, 1.82) is 0 Å². The van der Waals surface area contributed by atoms with Crippen LogP contribution in [0, 0.1) is 5.82 Å². The summed E-state index contributed by atoms with van der Waals surface area (Å²) in [6, 6.07) is 6.48. The number of nitrogens with one attached hydrogen (secondary N) is 2. The Balaban J connectivity index is 1.76. The van der Waals surface area contributed by atoms with Gasteiger partial charge in [-0.2, -0.15) is 4.98 Å². The molecule has 134 valence electrons. The number of halogens is 2. The SMILES string of the molecule is CN(C)CCCNc1nc(Nc2c(F)cccc2Cl)cc(C2CC2)n1. The summed E-state index contributed by atoms with van der Waals surface area (Å²) in [6.07, 6.45) is 3.26. The van der Waals surface area contributed by atoms with E-state index in [2.05, 4.69) is 25.5 Å². The van der Waals surface area contributed by atoms with Crippen LogP contribution in [0.25, 0.3) is 0 Å². The number of aromatic nitrogens is 2. The van der Waals surface area contributed by atoms with Gasteiger partial charge in [0.1, 0.15) is 11.6 Å². The van der Waals surface area contributed by atoms with E-state index in [1.54, 1.807) is 12.1 Å². The maximum Gasteiger partial charge on any atom is 0.224 e. The summed E-state index contributed by atoms with van der Waals surface area (Å²) in [5.74, 6) is 1.19. The lowest BCUT2D eigenvalue weighted by Gasteiger charge is -2.13. The highest BCUT2D eigenvalue weighted by molar-refractivity contribution is 6.33. The average Bonchev–Trinajstić information content (AvgIpc) is 3.40. The number of benzene rings is 1. The second-order valence-corrected chi connectivity index (χ2v) is 6.99. The van der Waals surface area contributed by atoms with Crippen LogP contribution in [-0.4, -0.2) is 42.1 Å². The summed E-state index contributed by atoms with van der Waals surface area (Å²) < 4.78 is 14.0. The van der Waals surface area contributed by atoms with Crippen molar-refractivity contribution in [1.82, 2.24) is 14.9 Å². The number of para-hydroxylation sites is 1. The van der Waals surface area contributed by atoms with E-state index in [1.807, 2.05) is 20.2 Å². The normalized spacial score (nSPS) is 14.0. The molecule has 1 fully saturated rings. The highest BCUT2D eigenvalue weighted by Gasteiger charge is 2.26. The molecule has 0 bridgehead atoms. The molecule has 0 spiro atoms. The maximum atomic E-state index is 14.0. The molecule has 0 saturated heterocycles. The number of hydrogen-bond acceptors (Lipinski definition) is 5. The molecule has 2 aromatic rings. The van der Waals surface area contributed by atoms with Gasteiger partial charge in [-0.15, -0.1) is 0 Å². The Hall–Kier alpha value is -1.92. The minimum atomic E-state index is -0.403. The summed E-state index contributed by atoms with van der Waals surface area (Å²) >= 11 is 6.10. The Kier molecular flexibility index (Phi) is 5.71. The van der Waals surface area contributed by atoms with Crippen molar-refractivity contribution in [3.8, 4) is 0 Å². The van der Waals surface area contributed by atoms with Crippen molar-refractivity contribution < 1.29 is 4.39 Å². The summed E-state index contributed by atoms with van der Waals surface area (Å²) in [5, 5.41) is 6.60. The van der Waals surface area contributed by atoms with Crippen molar-refractivity contribution in [2.24, 2.45) is 0 Å².